The summed E-state index contributed by atoms with van der Waals surface area (Å²) >= 11 is 0. The third-order valence-electron chi connectivity index (χ3n) is 5.23. The van der Waals surface area contributed by atoms with Crippen LogP contribution in [-0.4, -0.2) is 43.2 Å². The number of amides is 1. The van der Waals surface area contributed by atoms with Crippen LogP contribution in [-0.2, 0) is 16.1 Å². The van der Waals surface area contributed by atoms with Crippen LogP contribution in [0, 0.1) is 11.7 Å². The van der Waals surface area contributed by atoms with Gasteiger partial charge in [-0.1, -0.05) is 12.1 Å². The lowest BCUT2D eigenvalue weighted by Crippen LogP contribution is -2.56. The van der Waals surface area contributed by atoms with Crippen LogP contribution in [0.1, 0.15) is 37.7 Å². The highest BCUT2D eigenvalue weighted by Crippen LogP contribution is 2.32. The van der Waals surface area contributed by atoms with Gasteiger partial charge in [-0.15, -0.1) is 0 Å². The molecule has 1 aliphatic heterocycles. The molecule has 1 amide bonds. The van der Waals surface area contributed by atoms with Crippen molar-refractivity contribution in [1.29, 1.82) is 0 Å². The van der Waals surface area contributed by atoms with Gasteiger partial charge in [0.1, 0.15) is 5.82 Å². The van der Waals surface area contributed by atoms with E-state index in [0.717, 1.165) is 57.3 Å². The van der Waals surface area contributed by atoms with Gasteiger partial charge in [0, 0.05) is 44.8 Å². The molecule has 1 aromatic rings. The lowest BCUT2D eigenvalue weighted by atomic mass is 9.84. The average molecular weight is 334 g/mol. The van der Waals surface area contributed by atoms with Gasteiger partial charge in [0.2, 0.25) is 5.91 Å². The normalized spacial score (nSPS) is 20.8. The fourth-order valence-corrected chi connectivity index (χ4v) is 3.48. The standard InChI is InChI=1S/C19H27FN2O2/c1-24-12-9-19(21-18(23)16-5-6-16)7-10-22(11-8-19)14-15-3-2-4-17(20)13-15/h2-4,13,16H,5-12,14H2,1H3,(H,21,23). The van der Waals surface area contributed by atoms with Gasteiger partial charge in [0.05, 0.1) is 0 Å². The third kappa shape index (κ3) is 4.54. The number of piperidine rings is 1. The zero-order valence-corrected chi connectivity index (χ0v) is 14.4. The van der Waals surface area contributed by atoms with Crippen LogP contribution >= 0.6 is 0 Å². The first-order chi connectivity index (χ1) is 11.6. The molecule has 1 saturated heterocycles. The van der Waals surface area contributed by atoms with Crippen molar-refractivity contribution in [2.75, 3.05) is 26.8 Å². The van der Waals surface area contributed by atoms with E-state index in [9.17, 15) is 9.18 Å². The van der Waals surface area contributed by atoms with Crippen LogP contribution in [0.3, 0.4) is 0 Å². The number of hydrogen-bond donors (Lipinski definition) is 1. The van der Waals surface area contributed by atoms with Gasteiger partial charge in [-0.05, 0) is 49.8 Å². The number of nitrogens with one attached hydrogen (secondary N) is 1. The van der Waals surface area contributed by atoms with Crippen LogP contribution in [0.4, 0.5) is 4.39 Å². The maximum absolute atomic E-state index is 13.3. The number of methoxy groups -OCH3 is 1. The Bertz CT molecular complexity index is 566. The molecule has 1 aromatic carbocycles. The predicted octanol–water partition coefficient (Wildman–Crippen LogP) is 2.72. The fraction of sp³-hybridized carbons (Fsp3) is 0.632. The molecule has 1 aliphatic carbocycles. The topological polar surface area (TPSA) is 41.6 Å². The number of halogens is 1. The molecule has 132 valence electrons. The number of carbonyl (C=O) groups excluding carboxylic acids is 1. The monoisotopic (exact) mass is 334 g/mol. The molecule has 0 atom stereocenters. The Morgan fingerprint density at radius 3 is 2.75 bits per heavy atom. The fourth-order valence-electron chi connectivity index (χ4n) is 3.48. The van der Waals surface area contributed by atoms with Crippen LogP contribution < -0.4 is 5.32 Å². The number of hydrogen-bond acceptors (Lipinski definition) is 3. The minimum absolute atomic E-state index is 0.145. The van der Waals surface area contributed by atoms with Crippen LogP contribution in [0.25, 0.3) is 0 Å². The van der Waals surface area contributed by atoms with Crippen LogP contribution in [0.5, 0.6) is 0 Å². The molecule has 0 radical (unpaired) electrons. The SMILES string of the molecule is COCCC1(NC(=O)C2CC2)CCN(Cc2cccc(F)c2)CC1. The molecule has 24 heavy (non-hydrogen) atoms. The van der Waals surface area contributed by atoms with E-state index in [2.05, 4.69) is 10.2 Å². The van der Waals surface area contributed by atoms with Gasteiger partial charge in [0.15, 0.2) is 0 Å². The second-order valence-electron chi connectivity index (χ2n) is 7.19. The van der Waals surface area contributed by atoms with Gasteiger partial charge in [0.25, 0.3) is 0 Å². The molecule has 3 rings (SSSR count). The molecular weight excluding hydrogens is 307 g/mol. The minimum atomic E-state index is -0.185. The summed E-state index contributed by atoms with van der Waals surface area (Å²) in [5, 5.41) is 3.32. The quantitative estimate of drug-likeness (QED) is 0.834. The Morgan fingerprint density at radius 2 is 2.12 bits per heavy atom. The third-order valence-corrected chi connectivity index (χ3v) is 5.23. The lowest BCUT2D eigenvalue weighted by Gasteiger charge is -2.42. The van der Waals surface area contributed by atoms with Crippen molar-refractivity contribution >= 4 is 5.91 Å². The first kappa shape index (κ1) is 17.4. The van der Waals surface area contributed by atoms with Crippen molar-refractivity contribution in [3.8, 4) is 0 Å². The number of ether oxygens (including phenoxy) is 1. The van der Waals surface area contributed by atoms with E-state index < -0.39 is 0 Å². The van der Waals surface area contributed by atoms with E-state index in [1.165, 1.54) is 6.07 Å². The molecule has 0 bridgehead atoms. The number of rotatable bonds is 7. The highest BCUT2D eigenvalue weighted by atomic mass is 19.1. The van der Waals surface area contributed by atoms with Gasteiger partial charge >= 0.3 is 0 Å². The van der Waals surface area contributed by atoms with E-state index >= 15 is 0 Å². The number of nitrogens with zero attached hydrogens (tertiary/aromatic N) is 1. The first-order valence-corrected chi connectivity index (χ1v) is 8.88. The summed E-state index contributed by atoms with van der Waals surface area (Å²) in [4.78, 5) is 14.6. The van der Waals surface area contributed by atoms with Crippen LogP contribution in [0.2, 0.25) is 0 Å². The largest absolute Gasteiger partial charge is 0.385 e. The van der Waals surface area contributed by atoms with Crippen molar-refractivity contribution in [3.63, 3.8) is 0 Å². The lowest BCUT2D eigenvalue weighted by molar-refractivity contribution is -0.125. The molecule has 1 N–H and O–H groups in total. The maximum Gasteiger partial charge on any atom is 0.223 e. The van der Waals surface area contributed by atoms with Crippen molar-refractivity contribution in [2.45, 2.75) is 44.2 Å². The molecule has 0 spiro atoms. The summed E-state index contributed by atoms with van der Waals surface area (Å²) < 4.78 is 18.6. The van der Waals surface area contributed by atoms with Gasteiger partial charge in [-0.2, -0.15) is 0 Å². The predicted molar refractivity (Wildman–Crippen MR) is 91.0 cm³/mol. The number of likely N-dealkylation sites (tertiary alicyclic amines) is 1. The molecule has 2 fully saturated rings. The van der Waals surface area contributed by atoms with E-state index in [1.807, 2.05) is 6.07 Å². The molecule has 1 heterocycles. The van der Waals surface area contributed by atoms with E-state index in [0.29, 0.717) is 6.61 Å². The van der Waals surface area contributed by atoms with E-state index in [-0.39, 0.29) is 23.2 Å². The molecule has 4 nitrogen and oxygen atoms in total. The minimum Gasteiger partial charge on any atom is -0.385 e. The molecule has 0 unspecified atom stereocenters. The molecule has 0 aromatic heterocycles. The summed E-state index contributed by atoms with van der Waals surface area (Å²) in [6.07, 6.45) is 4.75. The molecule has 1 saturated carbocycles. The number of benzene rings is 1. The summed E-state index contributed by atoms with van der Waals surface area (Å²) in [5.41, 5.74) is 0.857. The summed E-state index contributed by atoms with van der Waals surface area (Å²) in [7, 11) is 1.70. The highest BCUT2D eigenvalue weighted by molar-refractivity contribution is 5.81. The second-order valence-corrected chi connectivity index (χ2v) is 7.19. The van der Waals surface area contributed by atoms with Crippen molar-refractivity contribution in [3.05, 3.63) is 35.6 Å². The van der Waals surface area contributed by atoms with Crippen molar-refractivity contribution in [1.82, 2.24) is 10.2 Å². The summed E-state index contributed by atoms with van der Waals surface area (Å²) in [6.45, 7) is 3.24. The Morgan fingerprint density at radius 1 is 1.38 bits per heavy atom. The van der Waals surface area contributed by atoms with Gasteiger partial charge in [-0.3, -0.25) is 9.69 Å². The Hall–Kier alpha value is -1.46. The Balaban J connectivity index is 1.57. The summed E-state index contributed by atoms with van der Waals surface area (Å²) in [5.74, 6) is 0.259. The Labute approximate surface area is 143 Å². The van der Waals surface area contributed by atoms with E-state index in [1.54, 1.807) is 19.2 Å². The van der Waals surface area contributed by atoms with Gasteiger partial charge in [-0.25, -0.2) is 4.39 Å². The zero-order chi connectivity index (χ0) is 17.0. The smallest absolute Gasteiger partial charge is 0.223 e. The van der Waals surface area contributed by atoms with E-state index in [4.69, 9.17) is 4.74 Å². The Kier molecular flexibility index (Phi) is 5.51. The average Bonchev–Trinajstić information content (AvgIpc) is 3.40. The number of carbonyl (C=O) groups is 1. The zero-order valence-electron chi connectivity index (χ0n) is 14.4. The van der Waals surface area contributed by atoms with Crippen LogP contribution in [0.15, 0.2) is 24.3 Å². The van der Waals surface area contributed by atoms with Crippen molar-refractivity contribution in [2.24, 2.45) is 5.92 Å². The molecule has 5 heteroatoms. The molecular formula is C19H27FN2O2. The maximum atomic E-state index is 13.3. The molecule has 2 aliphatic rings. The second kappa shape index (κ2) is 7.62. The van der Waals surface area contributed by atoms with Crippen molar-refractivity contribution < 1.29 is 13.9 Å². The summed E-state index contributed by atoms with van der Waals surface area (Å²) in [6, 6.07) is 6.79. The van der Waals surface area contributed by atoms with Gasteiger partial charge < -0.3 is 10.1 Å². The first-order valence-electron chi connectivity index (χ1n) is 8.88. The highest BCUT2D eigenvalue weighted by Gasteiger charge is 2.39.